The topological polar surface area (TPSA) is 83.2 Å². The second kappa shape index (κ2) is 9.97. The number of aliphatic hydroxyl groups excluding tert-OH is 1. The van der Waals surface area contributed by atoms with Gasteiger partial charge in [0, 0.05) is 13.7 Å². The van der Waals surface area contributed by atoms with Crippen LogP contribution < -0.4 is 15.2 Å². The summed E-state index contributed by atoms with van der Waals surface area (Å²) in [5, 5.41) is 9.80. The molecule has 3 N–H and O–H groups in total. The van der Waals surface area contributed by atoms with Crippen LogP contribution in [-0.4, -0.2) is 51.9 Å². The summed E-state index contributed by atoms with van der Waals surface area (Å²) in [6.45, 7) is 1.62. The highest BCUT2D eigenvalue weighted by atomic mass is 79.9. The molecule has 0 aliphatic carbocycles. The summed E-state index contributed by atoms with van der Waals surface area (Å²) < 4.78 is 21.7. The molecule has 21 heavy (non-hydrogen) atoms. The van der Waals surface area contributed by atoms with Crippen molar-refractivity contribution in [1.82, 2.24) is 0 Å². The van der Waals surface area contributed by atoms with Gasteiger partial charge in [0.15, 0.2) is 11.5 Å². The monoisotopic (exact) mass is 363 g/mol. The first-order valence-corrected chi connectivity index (χ1v) is 7.35. The maximum atomic E-state index is 9.80. The fourth-order valence-corrected chi connectivity index (χ4v) is 2.22. The lowest BCUT2D eigenvalue weighted by molar-refractivity contribution is -0.00461. The van der Waals surface area contributed by atoms with Crippen molar-refractivity contribution in [2.45, 2.75) is 12.6 Å². The van der Waals surface area contributed by atoms with Crippen molar-refractivity contribution < 1.29 is 24.1 Å². The summed E-state index contributed by atoms with van der Waals surface area (Å²) in [6, 6.07) is 3.67. The van der Waals surface area contributed by atoms with Crippen molar-refractivity contribution in [2.24, 2.45) is 5.73 Å². The molecule has 0 bridgehead atoms. The number of ether oxygens (including phenoxy) is 4. The average molecular weight is 364 g/mol. The Hall–Kier alpha value is -0.860. The minimum Gasteiger partial charge on any atom is -0.493 e. The molecule has 0 heterocycles. The van der Waals surface area contributed by atoms with Crippen LogP contribution in [0.25, 0.3) is 0 Å². The van der Waals surface area contributed by atoms with Crippen LogP contribution in [0.3, 0.4) is 0 Å². The van der Waals surface area contributed by atoms with Crippen molar-refractivity contribution in [3.05, 3.63) is 22.2 Å². The zero-order valence-corrected chi connectivity index (χ0v) is 13.9. The van der Waals surface area contributed by atoms with E-state index in [1.54, 1.807) is 14.2 Å². The normalized spacial score (nSPS) is 12.2. The molecule has 7 heteroatoms. The maximum absolute atomic E-state index is 9.80. The number of benzene rings is 1. The number of nitrogens with two attached hydrogens (primary N) is 1. The van der Waals surface area contributed by atoms with Crippen LogP contribution in [0.2, 0.25) is 0 Å². The Morgan fingerprint density at radius 1 is 1.24 bits per heavy atom. The van der Waals surface area contributed by atoms with Crippen LogP contribution in [0.5, 0.6) is 11.5 Å². The van der Waals surface area contributed by atoms with E-state index in [0.717, 1.165) is 10.0 Å². The predicted octanol–water partition coefficient (Wildman–Crippen LogP) is 1.32. The van der Waals surface area contributed by atoms with E-state index in [1.165, 1.54) is 0 Å². The summed E-state index contributed by atoms with van der Waals surface area (Å²) in [6.07, 6.45) is -0.729. The number of methoxy groups -OCH3 is 2. The third-order valence-electron chi connectivity index (χ3n) is 2.69. The molecule has 0 aliphatic rings. The molecule has 0 spiro atoms. The van der Waals surface area contributed by atoms with Crippen molar-refractivity contribution in [2.75, 3.05) is 40.6 Å². The van der Waals surface area contributed by atoms with Crippen molar-refractivity contribution in [3.8, 4) is 11.5 Å². The number of hydrogen-bond donors (Lipinski definition) is 2. The lowest BCUT2D eigenvalue weighted by atomic mass is 10.2. The Morgan fingerprint density at radius 2 is 2.00 bits per heavy atom. The molecule has 0 aliphatic heterocycles. The number of hydrogen-bond acceptors (Lipinski definition) is 6. The molecule has 0 radical (unpaired) electrons. The van der Waals surface area contributed by atoms with Gasteiger partial charge in [0.1, 0.15) is 12.7 Å². The Kier molecular flexibility index (Phi) is 8.63. The van der Waals surface area contributed by atoms with Crippen LogP contribution in [0.15, 0.2) is 16.6 Å². The molecule has 6 nitrogen and oxygen atoms in total. The van der Waals surface area contributed by atoms with E-state index in [2.05, 4.69) is 15.9 Å². The fourth-order valence-electron chi connectivity index (χ4n) is 1.62. The molecule has 1 aromatic rings. The smallest absolute Gasteiger partial charge is 0.175 e. The van der Waals surface area contributed by atoms with Crippen molar-refractivity contribution in [1.29, 1.82) is 0 Å². The molecular weight excluding hydrogens is 342 g/mol. The molecule has 120 valence electrons. The molecular formula is C14H22BrNO5. The Morgan fingerprint density at radius 3 is 2.62 bits per heavy atom. The second-order valence-corrected chi connectivity index (χ2v) is 5.20. The van der Waals surface area contributed by atoms with Gasteiger partial charge in [-0.1, -0.05) is 0 Å². The highest BCUT2D eigenvalue weighted by Gasteiger charge is 2.13. The van der Waals surface area contributed by atoms with E-state index in [-0.39, 0.29) is 13.2 Å². The van der Waals surface area contributed by atoms with E-state index in [1.807, 2.05) is 12.1 Å². The van der Waals surface area contributed by atoms with Gasteiger partial charge in [-0.2, -0.15) is 0 Å². The number of rotatable bonds is 10. The van der Waals surface area contributed by atoms with Gasteiger partial charge in [0.05, 0.1) is 31.4 Å². The first kappa shape index (κ1) is 18.2. The Balaban J connectivity index is 2.54. The first-order valence-electron chi connectivity index (χ1n) is 6.56. The van der Waals surface area contributed by atoms with Gasteiger partial charge in [-0.3, -0.25) is 0 Å². The minimum atomic E-state index is -0.729. The fraction of sp³-hybridized carbons (Fsp3) is 0.571. The first-order chi connectivity index (χ1) is 10.1. The predicted molar refractivity (Wildman–Crippen MR) is 82.8 cm³/mol. The summed E-state index contributed by atoms with van der Waals surface area (Å²) in [5.74, 6) is 1.10. The lowest BCUT2D eigenvalue weighted by Gasteiger charge is -2.16. The average Bonchev–Trinajstić information content (AvgIpc) is 2.49. The lowest BCUT2D eigenvalue weighted by Crippen LogP contribution is -2.24. The zero-order valence-electron chi connectivity index (χ0n) is 12.3. The van der Waals surface area contributed by atoms with E-state index in [9.17, 15) is 5.11 Å². The molecule has 1 aromatic carbocycles. The molecule has 1 rings (SSSR count). The van der Waals surface area contributed by atoms with Crippen LogP contribution in [0, 0.1) is 0 Å². The standard InChI is InChI=1S/C14H22BrNO5/c1-18-3-4-20-8-11(17)9-21-14-12(15)5-10(7-16)6-13(14)19-2/h5-6,11,17H,3-4,7-9,16H2,1-2H3. The van der Waals surface area contributed by atoms with E-state index in [4.69, 9.17) is 24.7 Å². The molecule has 1 unspecified atom stereocenters. The third-order valence-corrected chi connectivity index (χ3v) is 3.28. The van der Waals surface area contributed by atoms with Crippen LogP contribution >= 0.6 is 15.9 Å². The van der Waals surface area contributed by atoms with E-state index in [0.29, 0.717) is 31.3 Å². The van der Waals surface area contributed by atoms with Crippen LogP contribution in [-0.2, 0) is 16.0 Å². The van der Waals surface area contributed by atoms with E-state index < -0.39 is 6.10 Å². The van der Waals surface area contributed by atoms with Gasteiger partial charge >= 0.3 is 0 Å². The molecule has 0 fully saturated rings. The zero-order chi connectivity index (χ0) is 15.7. The van der Waals surface area contributed by atoms with Gasteiger partial charge in [-0.15, -0.1) is 0 Å². The number of aliphatic hydroxyl groups is 1. The third kappa shape index (κ3) is 6.19. The van der Waals surface area contributed by atoms with Gasteiger partial charge < -0.3 is 29.8 Å². The molecule has 0 amide bonds. The molecule has 1 atom stereocenters. The van der Waals surface area contributed by atoms with Crippen molar-refractivity contribution in [3.63, 3.8) is 0 Å². The van der Waals surface area contributed by atoms with Crippen LogP contribution in [0.1, 0.15) is 5.56 Å². The van der Waals surface area contributed by atoms with Gasteiger partial charge in [-0.25, -0.2) is 0 Å². The highest BCUT2D eigenvalue weighted by molar-refractivity contribution is 9.10. The summed E-state index contributed by atoms with van der Waals surface area (Å²) in [7, 11) is 3.15. The van der Waals surface area contributed by atoms with E-state index >= 15 is 0 Å². The summed E-state index contributed by atoms with van der Waals surface area (Å²) >= 11 is 3.41. The Labute approximate surface area is 133 Å². The van der Waals surface area contributed by atoms with Gasteiger partial charge in [0.2, 0.25) is 0 Å². The van der Waals surface area contributed by atoms with Gasteiger partial charge in [0.25, 0.3) is 0 Å². The largest absolute Gasteiger partial charge is 0.493 e. The summed E-state index contributed by atoms with van der Waals surface area (Å²) in [5.41, 5.74) is 6.54. The minimum absolute atomic E-state index is 0.101. The highest BCUT2D eigenvalue weighted by Crippen LogP contribution is 2.36. The Bertz CT molecular complexity index is 430. The SMILES string of the molecule is COCCOCC(O)COc1c(Br)cc(CN)cc1OC. The molecule has 0 aromatic heterocycles. The van der Waals surface area contributed by atoms with Crippen LogP contribution in [0.4, 0.5) is 0 Å². The van der Waals surface area contributed by atoms with Gasteiger partial charge in [-0.05, 0) is 33.6 Å². The molecule has 0 saturated heterocycles. The second-order valence-electron chi connectivity index (χ2n) is 4.35. The number of halogens is 1. The quantitative estimate of drug-likeness (QED) is 0.610. The van der Waals surface area contributed by atoms with Crippen molar-refractivity contribution >= 4 is 15.9 Å². The maximum Gasteiger partial charge on any atom is 0.175 e. The molecule has 0 saturated carbocycles. The summed E-state index contributed by atoms with van der Waals surface area (Å²) in [4.78, 5) is 0.